The normalized spacial score (nSPS) is 9.75. The number of carboxylic acids is 1. The predicted octanol–water partition coefficient (Wildman–Crippen LogP) is -0.598. The van der Waals surface area contributed by atoms with Gasteiger partial charge in [-0.2, -0.15) is 0 Å². The van der Waals surface area contributed by atoms with E-state index in [4.69, 9.17) is 10.2 Å². The van der Waals surface area contributed by atoms with Crippen LogP contribution >= 0.6 is 0 Å². The molecule has 1 aromatic carbocycles. The van der Waals surface area contributed by atoms with Crippen molar-refractivity contribution >= 4 is 46.7 Å². The Bertz CT molecular complexity index is 989. The summed E-state index contributed by atoms with van der Waals surface area (Å²) in [7, 11) is 3.27. The number of rotatable bonds is 1. The van der Waals surface area contributed by atoms with Crippen molar-refractivity contribution in [2.45, 2.75) is 0 Å². The van der Waals surface area contributed by atoms with Crippen molar-refractivity contribution in [1.82, 2.24) is 19.1 Å². The van der Waals surface area contributed by atoms with Crippen molar-refractivity contribution in [1.29, 1.82) is 0 Å². The van der Waals surface area contributed by atoms with E-state index in [1.807, 2.05) is 0 Å². The molecule has 0 aliphatic heterocycles. The number of fused-ring (bicyclic) bond motifs is 1. The van der Waals surface area contributed by atoms with Crippen LogP contribution in [0.5, 0.6) is 5.75 Å². The quantitative estimate of drug-likeness (QED) is 0.506. The van der Waals surface area contributed by atoms with E-state index in [1.165, 1.54) is 23.0 Å². The van der Waals surface area contributed by atoms with Crippen molar-refractivity contribution < 1.29 is 15.0 Å². The zero-order valence-electron chi connectivity index (χ0n) is 12.3. The number of phenols is 1. The van der Waals surface area contributed by atoms with E-state index in [-0.39, 0.29) is 40.9 Å². The van der Waals surface area contributed by atoms with E-state index in [0.29, 0.717) is 11.2 Å². The van der Waals surface area contributed by atoms with Gasteiger partial charge in [-0.15, -0.1) is 0 Å². The van der Waals surface area contributed by atoms with Gasteiger partial charge in [-0.3, -0.25) is 14.3 Å². The summed E-state index contributed by atoms with van der Waals surface area (Å²) in [6.45, 7) is 0. The van der Waals surface area contributed by atoms with Crippen LogP contribution in [0.1, 0.15) is 10.4 Å². The van der Waals surface area contributed by atoms with Crippen LogP contribution in [0.4, 0.5) is 0 Å². The summed E-state index contributed by atoms with van der Waals surface area (Å²) < 4.78 is 2.88. The molecule has 0 saturated heterocycles. The first-order chi connectivity index (χ1) is 10.8. The molecular weight excluding hydrogens is 327 g/mol. The number of hydrogen-bond acceptors (Lipinski definition) is 5. The summed E-state index contributed by atoms with van der Waals surface area (Å²) in [5.74, 6) is -1.31. The zero-order chi connectivity index (χ0) is 17.1. The topological polar surface area (TPSA) is 130 Å². The van der Waals surface area contributed by atoms with E-state index in [9.17, 15) is 14.4 Å². The van der Waals surface area contributed by atoms with E-state index in [0.717, 1.165) is 0 Å². The standard InChI is InChI=1S/C7H8N4O2.C7H6O3.Na.H/c1-10-3-8-5-4(10)6(12)9-7(13)11(5)2;8-6-4-2-1-3-5(6)7(9)10;;/h3H,1-2H3,(H,9,12,13);1-4,8H,(H,9,10);;. The first-order valence-corrected chi connectivity index (χ1v) is 6.44. The molecule has 9 nitrogen and oxygen atoms in total. The third-order valence-electron chi connectivity index (χ3n) is 3.11. The van der Waals surface area contributed by atoms with Gasteiger partial charge >= 0.3 is 41.2 Å². The number of aryl methyl sites for hydroxylation is 2. The molecule has 0 saturated carbocycles. The number of nitrogens with one attached hydrogen (secondary N) is 1. The molecule has 122 valence electrons. The van der Waals surface area contributed by atoms with Crippen LogP contribution in [0.25, 0.3) is 11.2 Å². The van der Waals surface area contributed by atoms with Crippen molar-refractivity contribution in [3.8, 4) is 5.75 Å². The van der Waals surface area contributed by atoms with Gasteiger partial charge in [-0.25, -0.2) is 14.6 Å². The molecule has 10 heteroatoms. The molecule has 0 amide bonds. The van der Waals surface area contributed by atoms with Gasteiger partial charge in [0.05, 0.1) is 6.33 Å². The number of aromatic carboxylic acids is 1. The number of hydrogen-bond donors (Lipinski definition) is 3. The Balaban J connectivity index is 0.000000238. The molecular formula is C14H15N4NaO5. The van der Waals surface area contributed by atoms with E-state index in [1.54, 1.807) is 30.8 Å². The number of H-pyrrole nitrogens is 1. The Morgan fingerprint density at radius 3 is 2.38 bits per heavy atom. The minimum atomic E-state index is -1.11. The van der Waals surface area contributed by atoms with Gasteiger partial charge in [0.25, 0.3) is 5.56 Å². The SMILES string of the molecule is Cn1cnc2c1c(=O)[nH]c(=O)n2C.O=C(O)c1ccccc1O.[NaH]. The average molecular weight is 342 g/mol. The number of aromatic hydroxyl groups is 1. The summed E-state index contributed by atoms with van der Waals surface area (Å²) in [5.41, 5.74) is -0.116. The maximum atomic E-state index is 11.3. The van der Waals surface area contributed by atoms with Gasteiger partial charge in [-0.05, 0) is 12.1 Å². The van der Waals surface area contributed by atoms with E-state index < -0.39 is 17.2 Å². The summed E-state index contributed by atoms with van der Waals surface area (Å²) in [4.78, 5) is 38.8. The Hall–Kier alpha value is -2.36. The van der Waals surface area contributed by atoms with Crippen molar-refractivity contribution in [2.75, 3.05) is 0 Å². The van der Waals surface area contributed by atoms with Gasteiger partial charge in [0.1, 0.15) is 11.3 Å². The number of nitrogens with zero attached hydrogens (tertiary/aromatic N) is 3. The fourth-order valence-corrected chi connectivity index (χ4v) is 1.92. The summed E-state index contributed by atoms with van der Waals surface area (Å²) in [5, 5.41) is 17.3. The second-order valence-corrected chi connectivity index (χ2v) is 4.67. The second-order valence-electron chi connectivity index (χ2n) is 4.67. The number of aromatic nitrogens is 4. The van der Waals surface area contributed by atoms with Crippen LogP contribution in [0.2, 0.25) is 0 Å². The molecule has 2 aromatic heterocycles. The van der Waals surface area contributed by atoms with Crippen molar-refractivity contribution in [3.05, 3.63) is 57.0 Å². The first-order valence-electron chi connectivity index (χ1n) is 6.44. The Labute approximate surface area is 157 Å². The minimum absolute atomic E-state index is 0. The molecule has 0 spiro atoms. The second kappa shape index (κ2) is 7.95. The monoisotopic (exact) mass is 342 g/mol. The van der Waals surface area contributed by atoms with Crippen LogP contribution in [0.3, 0.4) is 0 Å². The van der Waals surface area contributed by atoms with E-state index in [2.05, 4.69) is 9.97 Å². The number of carboxylic acid groups (broad SMARTS) is 1. The third kappa shape index (κ3) is 3.94. The first kappa shape index (κ1) is 19.7. The number of imidazole rings is 1. The molecule has 24 heavy (non-hydrogen) atoms. The van der Waals surface area contributed by atoms with Crippen LogP contribution in [-0.4, -0.2) is 64.8 Å². The Morgan fingerprint density at radius 1 is 1.21 bits per heavy atom. The van der Waals surface area contributed by atoms with Crippen LogP contribution in [-0.2, 0) is 14.1 Å². The number of carbonyl (C=O) groups is 1. The van der Waals surface area contributed by atoms with Gasteiger partial charge in [0.2, 0.25) is 0 Å². The van der Waals surface area contributed by atoms with Gasteiger partial charge < -0.3 is 14.8 Å². The maximum absolute atomic E-state index is 11.3. The fraction of sp³-hybridized carbons (Fsp3) is 0.143. The van der Waals surface area contributed by atoms with Crippen LogP contribution in [0.15, 0.2) is 40.2 Å². The Kier molecular flexibility index (Phi) is 6.52. The molecule has 0 aliphatic carbocycles. The van der Waals surface area contributed by atoms with Crippen molar-refractivity contribution in [2.24, 2.45) is 14.1 Å². The van der Waals surface area contributed by atoms with Crippen LogP contribution in [0, 0.1) is 0 Å². The molecule has 0 aliphatic rings. The molecule has 0 unspecified atom stereocenters. The fourth-order valence-electron chi connectivity index (χ4n) is 1.92. The zero-order valence-corrected chi connectivity index (χ0v) is 12.3. The third-order valence-corrected chi connectivity index (χ3v) is 3.11. The molecule has 0 atom stereocenters. The van der Waals surface area contributed by atoms with Gasteiger partial charge in [0.15, 0.2) is 11.2 Å². The molecule has 3 rings (SSSR count). The average Bonchev–Trinajstić information content (AvgIpc) is 2.88. The Morgan fingerprint density at radius 2 is 1.83 bits per heavy atom. The van der Waals surface area contributed by atoms with Gasteiger partial charge in [-0.1, -0.05) is 12.1 Å². The molecule has 0 bridgehead atoms. The summed E-state index contributed by atoms with van der Waals surface area (Å²) in [6, 6.07) is 5.81. The summed E-state index contributed by atoms with van der Waals surface area (Å²) >= 11 is 0. The van der Waals surface area contributed by atoms with Crippen LogP contribution < -0.4 is 11.2 Å². The van der Waals surface area contributed by atoms with E-state index >= 15 is 0 Å². The number of benzene rings is 1. The molecule has 2 heterocycles. The number of aromatic amines is 1. The molecule has 0 fully saturated rings. The summed E-state index contributed by atoms with van der Waals surface area (Å²) in [6.07, 6.45) is 1.50. The predicted molar refractivity (Wildman–Crippen MR) is 88.8 cm³/mol. The number of para-hydroxylation sites is 1. The molecule has 3 N–H and O–H groups in total. The van der Waals surface area contributed by atoms with Gasteiger partial charge in [0, 0.05) is 14.1 Å². The molecule has 3 aromatic rings. The van der Waals surface area contributed by atoms with Crippen molar-refractivity contribution in [3.63, 3.8) is 0 Å². The molecule has 0 radical (unpaired) electrons.